The van der Waals surface area contributed by atoms with Crippen LogP contribution in [0.15, 0.2) is 0 Å². The van der Waals surface area contributed by atoms with Crippen LogP contribution in [0.4, 0.5) is 0 Å². The van der Waals surface area contributed by atoms with E-state index < -0.39 is 26.9 Å². The van der Waals surface area contributed by atoms with E-state index in [9.17, 15) is 15.0 Å². The fourth-order valence-electron chi connectivity index (χ4n) is 2.88. The van der Waals surface area contributed by atoms with Gasteiger partial charge in [-0.15, -0.1) is 0 Å². The van der Waals surface area contributed by atoms with Crippen LogP contribution in [-0.2, 0) is 18.8 Å². The van der Waals surface area contributed by atoms with Gasteiger partial charge in [-0.3, -0.25) is 4.79 Å². The zero-order valence-corrected chi connectivity index (χ0v) is 15.1. The van der Waals surface area contributed by atoms with E-state index in [0.29, 0.717) is 0 Å². The van der Waals surface area contributed by atoms with E-state index in [1.165, 1.54) is 5.06 Å². The monoisotopic (exact) mass is 335 g/mol. The van der Waals surface area contributed by atoms with Gasteiger partial charge in [0.15, 0.2) is 6.04 Å². The Morgan fingerprint density at radius 2 is 1.91 bits per heavy atom. The zero-order valence-electron chi connectivity index (χ0n) is 14.1. The van der Waals surface area contributed by atoms with E-state index in [1.54, 1.807) is 14.2 Å². The molecular formula is C14H29NO6Si. The molecule has 1 aliphatic rings. The van der Waals surface area contributed by atoms with Gasteiger partial charge < -0.3 is 24.2 Å². The summed E-state index contributed by atoms with van der Waals surface area (Å²) < 4.78 is 17.1. The smallest absolute Gasteiger partial charge is 0.325 e. The number of methoxy groups -OCH3 is 2. The zero-order chi connectivity index (χ0) is 16.9. The number of aliphatic hydroxyl groups excluding tert-OH is 1. The largest absolute Gasteiger partial charge is 0.480 e. The molecule has 0 aliphatic heterocycles. The van der Waals surface area contributed by atoms with Gasteiger partial charge in [-0.25, -0.2) is 0 Å². The third kappa shape index (κ3) is 5.00. The van der Waals surface area contributed by atoms with Crippen molar-refractivity contribution in [3.8, 4) is 0 Å². The highest BCUT2D eigenvalue weighted by molar-refractivity contribution is 6.69. The topological polar surface area (TPSA) is 88.5 Å². The molecule has 0 aromatic rings. The minimum absolute atomic E-state index is 0.107. The fourth-order valence-corrected chi connectivity index (χ4v) is 3.78. The van der Waals surface area contributed by atoms with E-state index in [1.807, 2.05) is 19.6 Å². The Balaban J connectivity index is 3.09. The minimum Gasteiger partial charge on any atom is -0.480 e. The third-order valence-electron chi connectivity index (χ3n) is 3.78. The summed E-state index contributed by atoms with van der Waals surface area (Å²) in [7, 11) is 1.17. The van der Waals surface area contributed by atoms with Crippen molar-refractivity contribution in [2.24, 2.45) is 0 Å². The number of carbonyl (C=O) groups is 1. The molecule has 0 aromatic heterocycles. The predicted octanol–water partition coefficient (Wildman–Crippen LogP) is 1.08. The summed E-state index contributed by atoms with van der Waals surface area (Å²) in [6.07, 6.45) is 2.11. The summed E-state index contributed by atoms with van der Waals surface area (Å²) in [4.78, 5) is 11.5. The molecule has 0 aromatic carbocycles. The first-order valence-electron chi connectivity index (χ1n) is 7.62. The lowest BCUT2D eigenvalue weighted by Crippen LogP contribution is -2.60. The normalized spacial score (nSPS) is 27.9. The van der Waals surface area contributed by atoms with Crippen molar-refractivity contribution >= 4 is 14.3 Å². The third-order valence-corrected chi connectivity index (χ3v) is 4.54. The molecule has 1 fully saturated rings. The quantitative estimate of drug-likeness (QED) is 0.507. The van der Waals surface area contributed by atoms with Crippen molar-refractivity contribution in [1.29, 1.82) is 0 Å². The Labute approximate surface area is 133 Å². The molecule has 0 radical (unpaired) electrons. The van der Waals surface area contributed by atoms with E-state index in [0.717, 1.165) is 19.3 Å². The first-order valence-corrected chi connectivity index (χ1v) is 11.0. The number of hydroxylamine groups is 2. The lowest BCUT2D eigenvalue weighted by atomic mass is 9.89. The van der Waals surface area contributed by atoms with Crippen molar-refractivity contribution in [3.63, 3.8) is 0 Å². The number of ether oxygens (including phenoxy) is 2. The number of carboxylic acids is 1. The van der Waals surface area contributed by atoms with Gasteiger partial charge in [0.25, 0.3) is 0 Å². The molecule has 2 N–H and O–H groups in total. The van der Waals surface area contributed by atoms with Crippen molar-refractivity contribution in [2.45, 2.75) is 63.2 Å². The highest BCUT2D eigenvalue weighted by Gasteiger charge is 2.43. The van der Waals surface area contributed by atoms with Gasteiger partial charge >= 0.3 is 5.97 Å². The fraction of sp³-hybridized carbons (Fsp3) is 0.929. The molecule has 22 heavy (non-hydrogen) atoms. The van der Waals surface area contributed by atoms with Crippen LogP contribution in [0.5, 0.6) is 0 Å². The molecule has 1 aliphatic carbocycles. The highest BCUT2D eigenvalue weighted by atomic mass is 28.4. The van der Waals surface area contributed by atoms with Crippen LogP contribution < -0.4 is 0 Å². The molecule has 7 nitrogen and oxygen atoms in total. The molecule has 0 heterocycles. The maximum Gasteiger partial charge on any atom is 0.325 e. The summed E-state index contributed by atoms with van der Waals surface area (Å²) in [5.41, 5.74) is 0. The number of aliphatic carboxylic acids is 1. The van der Waals surface area contributed by atoms with E-state index in [2.05, 4.69) is 0 Å². The van der Waals surface area contributed by atoms with Crippen molar-refractivity contribution in [1.82, 2.24) is 5.06 Å². The number of rotatable bonds is 8. The summed E-state index contributed by atoms with van der Waals surface area (Å²) in [6, 6.07) is -1.37. The summed E-state index contributed by atoms with van der Waals surface area (Å²) in [5, 5.41) is 20.4. The Morgan fingerprint density at radius 3 is 2.32 bits per heavy atom. The maximum atomic E-state index is 11.5. The molecule has 3 unspecified atom stereocenters. The van der Waals surface area contributed by atoms with E-state index >= 15 is 0 Å². The van der Waals surface area contributed by atoms with Gasteiger partial charge in [-0.05, 0) is 38.9 Å². The number of nitrogens with zero attached hydrogens (tertiary/aromatic N) is 1. The molecule has 0 bridgehead atoms. The Morgan fingerprint density at radius 1 is 1.27 bits per heavy atom. The molecule has 0 amide bonds. The first kappa shape index (κ1) is 19.5. The summed E-state index contributed by atoms with van der Waals surface area (Å²) in [5.74, 6) is -1.10. The van der Waals surface area contributed by atoms with Gasteiger partial charge in [0.2, 0.25) is 8.32 Å². The number of hydrogen-bond acceptors (Lipinski definition) is 6. The predicted molar refractivity (Wildman–Crippen MR) is 84.0 cm³/mol. The molecule has 1 saturated carbocycles. The van der Waals surface area contributed by atoms with E-state index in [-0.39, 0.29) is 18.2 Å². The molecule has 130 valence electrons. The highest BCUT2D eigenvalue weighted by Crippen LogP contribution is 2.30. The van der Waals surface area contributed by atoms with Crippen LogP contribution in [-0.4, -0.2) is 74.7 Å². The second-order valence-electron chi connectivity index (χ2n) is 6.57. The van der Waals surface area contributed by atoms with Crippen LogP contribution in [0, 0.1) is 0 Å². The SMILES string of the molecule is COC1CCCC(N(O[Si](C)(C)C)[C@@H](CO)C(=O)O)C1OC. The molecule has 8 heteroatoms. The maximum absolute atomic E-state index is 11.5. The van der Waals surface area contributed by atoms with Gasteiger partial charge in [-0.2, -0.15) is 5.06 Å². The molecule has 1 rings (SSSR count). The van der Waals surface area contributed by atoms with Gasteiger partial charge in [0, 0.05) is 14.2 Å². The summed E-state index contributed by atoms with van der Waals surface area (Å²) in [6.45, 7) is 5.43. The number of carboxylic acid groups (broad SMARTS) is 1. The van der Waals surface area contributed by atoms with Crippen molar-refractivity contribution < 1.29 is 29.0 Å². The van der Waals surface area contributed by atoms with Crippen LogP contribution in [0.25, 0.3) is 0 Å². The average Bonchev–Trinajstić information content (AvgIpc) is 2.44. The van der Waals surface area contributed by atoms with Gasteiger partial charge in [0.1, 0.15) is 6.10 Å². The van der Waals surface area contributed by atoms with E-state index in [4.69, 9.17) is 14.0 Å². The molecular weight excluding hydrogens is 306 g/mol. The number of hydrogen-bond donors (Lipinski definition) is 2. The Hall–Kier alpha value is -0.513. The van der Waals surface area contributed by atoms with Gasteiger partial charge in [0.05, 0.1) is 18.8 Å². The van der Waals surface area contributed by atoms with Gasteiger partial charge in [-0.1, -0.05) is 0 Å². The van der Waals surface area contributed by atoms with Crippen LogP contribution in [0.3, 0.4) is 0 Å². The molecule has 4 atom stereocenters. The number of aliphatic hydroxyl groups is 1. The second-order valence-corrected chi connectivity index (χ2v) is 11.0. The minimum atomic E-state index is -2.05. The lowest BCUT2D eigenvalue weighted by Gasteiger charge is -2.45. The Bertz CT molecular complexity index is 362. The Kier molecular flexibility index (Phi) is 7.43. The van der Waals surface area contributed by atoms with Crippen molar-refractivity contribution in [2.75, 3.05) is 20.8 Å². The van der Waals surface area contributed by atoms with Crippen LogP contribution in [0.2, 0.25) is 19.6 Å². The molecule has 0 spiro atoms. The first-order chi connectivity index (χ1) is 10.2. The van der Waals surface area contributed by atoms with Crippen LogP contribution in [0.1, 0.15) is 19.3 Å². The second kappa shape index (κ2) is 8.37. The average molecular weight is 335 g/mol. The van der Waals surface area contributed by atoms with Crippen LogP contribution >= 0.6 is 0 Å². The summed E-state index contributed by atoms with van der Waals surface area (Å²) >= 11 is 0. The molecule has 0 saturated heterocycles. The van der Waals surface area contributed by atoms with Crippen molar-refractivity contribution in [3.05, 3.63) is 0 Å². The lowest BCUT2D eigenvalue weighted by molar-refractivity contribution is -0.212. The standard InChI is InChI=1S/C14H29NO6Si/c1-19-12-8-6-7-10(13(12)20-2)15(21-22(3,4)5)11(9-16)14(17)18/h10-13,16H,6-9H2,1-5H3,(H,17,18)/t10?,11-,12?,13?/m0/s1.